The van der Waals surface area contributed by atoms with Crippen LogP contribution in [0.15, 0.2) is 66.7 Å². The first-order valence-electron chi connectivity index (χ1n) is 12.6. The Labute approximate surface area is 221 Å². The number of nitrogens with one attached hydrogen (secondary N) is 1. The minimum absolute atomic E-state index is 0.00825. The molecule has 2 atom stereocenters. The van der Waals surface area contributed by atoms with Gasteiger partial charge in [-0.1, -0.05) is 6.07 Å². The normalized spacial score (nSPS) is 17.3. The van der Waals surface area contributed by atoms with Gasteiger partial charge in [0.05, 0.1) is 0 Å². The predicted octanol–water partition coefficient (Wildman–Crippen LogP) is 6.87. The van der Waals surface area contributed by atoms with Crippen LogP contribution in [0.5, 0.6) is 11.5 Å². The highest BCUT2D eigenvalue weighted by atomic mass is 19.1. The van der Waals surface area contributed by atoms with E-state index in [-0.39, 0.29) is 23.5 Å². The van der Waals surface area contributed by atoms with Crippen LogP contribution in [-0.2, 0) is 16.0 Å². The number of hydrogen-bond donors (Lipinski definition) is 1. The lowest BCUT2D eigenvalue weighted by Gasteiger charge is -2.28. The molecule has 6 nitrogen and oxygen atoms in total. The van der Waals surface area contributed by atoms with E-state index in [9.17, 15) is 18.4 Å². The molecule has 3 aromatic carbocycles. The largest absolute Gasteiger partial charge is 0.457 e. The maximum atomic E-state index is 13.6. The number of anilines is 1. The first-order chi connectivity index (χ1) is 18.0. The molecule has 0 radical (unpaired) electrons. The molecule has 0 aromatic heterocycles. The summed E-state index contributed by atoms with van der Waals surface area (Å²) in [6.07, 6.45) is 0.525. The van der Waals surface area contributed by atoms with Crippen LogP contribution in [0.4, 0.5) is 19.3 Å². The lowest BCUT2D eigenvalue weighted by atomic mass is 9.94. The molecule has 4 rings (SSSR count). The molecular weight excluding hydrogens is 490 g/mol. The average molecular weight is 523 g/mol. The predicted molar refractivity (Wildman–Crippen MR) is 141 cm³/mol. The number of carbonyl (C=O) groups excluding carboxylic acids is 2. The van der Waals surface area contributed by atoms with E-state index >= 15 is 0 Å². The van der Waals surface area contributed by atoms with Crippen molar-refractivity contribution in [3.63, 3.8) is 0 Å². The third kappa shape index (κ3) is 7.09. The quantitative estimate of drug-likeness (QED) is 0.384. The number of carbonyl (C=O) groups is 2. The first-order valence-corrected chi connectivity index (χ1v) is 12.6. The lowest BCUT2D eigenvalue weighted by molar-refractivity contribution is -0.120. The third-order valence-corrected chi connectivity index (χ3v) is 6.30. The maximum absolute atomic E-state index is 13.6. The highest BCUT2D eigenvalue weighted by molar-refractivity contribution is 5.97. The molecule has 8 heteroatoms. The van der Waals surface area contributed by atoms with Gasteiger partial charge in [0.15, 0.2) is 0 Å². The van der Waals surface area contributed by atoms with E-state index in [0.717, 1.165) is 11.1 Å². The number of ether oxygens (including phenoxy) is 2. The molecule has 0 spiro atoms. The number of likely N-dealkylation sites (tertiary alicyclic amines) is 1. The van der Waals surface area contributed by atoms with Crippen LogP contribution in [-0.4, -0.2) is 35.1 Å². The molecule has 1 saturated heterocycles. The van der Waals surface area contributed by atoms with Crippen molar-refractivity contribution in [1.82, 2.24) is 4.90 Å². The average Bonchev–Trinajstić information content (AvgIpc) is 3.27. The topological polar surface area (TPSA) is 67.9 Å². The Morgan fingerprint density at radius 1 is 0.947 bits per heavy atom. The minimum atomic E-state index is -0.717. The van der Waals surface area contributed by atoms with E-state index in [2.05, 4.69) is 5.32 Å². The summed E-state index contributed by atoms with van der Waals surface area (Å²) in [5, 5.41) is 2.89. The number of nitrogens with zero attached hydrogens (tertiary/aromatic N) is 1. The zero-order chi connectivity index (χ0) is 27.4. The van der Waals surface area contributed by atoms with Crippen molar-refractivity contribution in [3.05, 3.63) is 89.5 Å². The van der Waals surface area contributed by atoms with Crippen molar-refractivity contribution in [2.75, 3.05) is 11.9 Å². The summed E-state index contributed by atoms with van der Waals surface area (Å²) in [4.78, 5) is 27.8. The van der Waals surface area contributed by atoms with E-state index in [1.165, 1.54) is 41.3 Å². The zero-order valence-electron chi connectivity index (χ0n) is 22.0. The Kier molecular flexibility index (Phi) is 7.99. The number of benzene rings is 3. The Bertz CT molecular complexity index is 1290. The van der Waals surface area contributed by atoms with Crippen LogP contribution in [0, 0.1) is 24.5 Å². The monoisotopic (exact) mass is 522 g/mol. The molecule has 1 fully saturated rings. The number of rotatable bonds is 6. The Hall–Kier alpha value is -3.94. The second kappa shape index (κ2) is 11.2. The van der Waals surface area contributed by atoms with Gasteiger partial charge in [0.1, 0.15) is 34.8 Å². The molecule has 1 N–H and O–H groups in total. The van der Waals surface area contributed by atoms with Crippen molar-refractivity contribution >= 4 is 17.7 Å². The number of hydrogen-bond acceptors (Lipinski definition) is 4. The summed E-state index contributed by atoms with van der Waals surface area (Å²) in [6.45, 7) is 7.56. The molecule has 1 aliphatic rings. The van der Waals surface area contributed by atoms with Crippen molar-refractivity contribution in [2.24, 2.45) is 5.92 Å². The van der Waals surface area contributed by atoms with Crippen LogP contribution >= 0.6 is 0 Å². The van der Waals surface area contributed by atoms with E-state index < -0.39 is 17.7 Å². The Balaban J connectivity index is 1.45. The standard InChI is InChI=1S/C30H32F2N2O4/c1-19-15-23(32)6-5-21(19)16-20-17-27(34(18-20)29(36)38-30(2,3)4)28(35)33-24-9-13-26(14-10-24)37-25-11-7-22(31)8-12-25/h5-15,20,27H,16-18H2,1-4H3,(H,33,35). The number of aryl methyl sites for hydroxylation is 1. The molecule has 1 heterocycles. The van der Waals surface area contributed by atoms with Crippen LogP contribution in [0.25, 0.3) is 0 Å². The van der Waals surface area contributed by atoms with Crippen LogP contribution in [0.3, 0.4) is 0 Å². The highest BCUT2D eigenvalue weighted by Gasteiger charge is 2.41. The van der Waals surface area contributed by atoms with Gasteiger partial charge in [-0.2, -0.15) is 0 Å². The fraction of sp³-hybridized carbons (Fsp3) is 0.333. The van der Waals surface area contributed by atoms with Gasteiger partial charge in [0.2, 0.25) is 5.91 Å². The lowest BCUT2D eigenvalue weighted by Crippen LogP contribution is -2.45. The smallest absolute Gasteiger partial charge is 0.410 e. The summed E-state index contributed by atoms with van der Waals surface area (Å²) in [6, 6.07) is 16.4. The van der Waals surface area contributed by atoms with Crippen molar-refractivity contribution < 1.29 is 27.8 Å². The van der Waals surface area contributed by atoms with Gasteiger partial charge in [0, 0.05) is 12.2 Å². The summed E-state index contributed by atoms with van der Waals surface area (Å²) < 4.78 is 38.0. The maximum Gasteiger partial charge on any atom is 0.410 e. The Morgan fingerprint density at radius 2 is 1.55 bits per heavy atom. The van der Waals surface area contributed by atoms with Crippen molar-refractivity contribution in [3.8, 4) is 11.5 Å². The SMILES string of the molecule is Cc1cc(F)ccc1CC1CC(C(=O)Nc2ccc(Oc3ccc(F)cc3)cc2)N(C(=O)OC(C)(C)C)C1. The van der Waals surface area contributed by atoms with E-state index in [4.69, 9.17) is 9.47 Å². The summed E-state index contributed by atoms with van der Waals surface area (Å²) >= 11 is 0. The van der Waals surface area contributed by atoms with E-state index in [1.807, 2.05) is 6.92 Å². The fourth-order valence-electron chi connectivity index (χ4n) is 4.51. The first kappa shape index (κ1) is 27.1. The highest BCUT2D eigenvalue weighted by Crippen LogP contribution is 2.30. The second-order valence-electron chi connectivity index (χ2n) is 10.6. The van der Waals surface area contributed by atoms with Crippen LogP contribution in [0.2, 0.25) is 0 Å². The van der Waals surface area contributed by atoms with Gasteiger partial charge in [-0.3, -0.25) is 9.69 Å². The van der Waals surface area contributed by atoms with Gasteiger partial charge in [0.25, 0.3) is 0 Å². The number of halogens is 2. The van der Waals surface area contributed by atoms with Crippen molar-refractivity contribution in [1.29, 1.82) is 0 Å². The molecule has 0 bridgehead atoms. The van der Waals surface area contributed by atoms with Gasteiger partial charge in [-0.25, -0.2) is 13.6 Å². The van der Waals surface area contributed by atoms with Crippen LogP contribution in [0.1, 0.15) is 38.3 Å². The minimum Gasteiger partial charge on any atom is -0.457 e. The molecule has 3 aromatic rings. The zero-order valence-corrected chi connectivity index (χ0v) is 22.0. The molecule has 1 aliphatic heterocycles. The summed E-state index contributed by atoms with van der Waals surface area (Å²) in [5.41, 5.74) is 1.66. The van der Waals surface area contributed by atoms with Gasteiger partial charge in [-0.15, -0.1) is 0 Å². The molecule has 2 amide bonds. The van der Waals surface area contributed by atoms with Gasteiger partial charge in [-0.05, 0) is 118 Å². The summed E-state index contributed by atoms with van der Waals surface area (Å²) in [5.74, 6) is 0.0673. The molecular formula is C30H32F2N2O4. The molecule has 0 saturated carbocycles. The second-order valence-corrected chi connectivity index (χ2v) is 10.6. The van der Waals surface area contributed by atoms with Gasteiger partial charge >= 0.3 is 6.09 Å². The van der Waals surface area contributed by atoms with E-state index in [1.54, 1.807) is 51.1 Å². The fourth-order valence-corrected chi connectivity index (χ4v) is 4.51. The molecule has 200 valence electrons. The molecule has 0 aliphatic carbocycles. The van der Waals surface area contributed by atoms with Crippen LogP contribution < -0.4 is 10.1 Å². The summed E-state index contributed by atoms with van der Waals surface area (Å²) in [7, 11) is 0. The molecule has 2 unspecified atom stereocenters. The number of amides is 2. The van der Waals surface area contributed by atoms with E-state index in [0.29, 0.717) is 36.6 Å². The third-order valence-electron chi connectivity index (χ3n) is 6.30. The van der Waals surface area contributed by atoms with Gasteiger partial charge < -0.3 is 14.8 Å². The van der Waals surface area contributed by atoms with Crippen molar-refractivity contribution in [2.45, 2.75) is 52.2 Å². The Morgan fingerprint density at radius 3 is 2.16 bits per heavy atom. The molecule has 38 heavy (non-hydrogen) atoms.